The topological polar surface area (TPSA) is 226 Å². The van der Waals surface area contributed by atoms with Crippen molar-refractivity contribution < 1.29 is 29.7 Å². The zero-order chi connectivity index (χ0) is 27.1. The van der Waals surface area contributed by atoms with Crippen LogP contribution in [0.3, 0.4) is 0 Å². The fourth-order valence-corrected chi connectivity index (χ4v) is 4.13. The standard InChI is InChI=1S/C25H34N6O6/c26-7-1-2-18-24(36)31-21(25(37)29-9-8-27)22(34)16-11-14(4-6-20(16)33)13-3-5-19(32)15(10-13)12-17(28)23(35)30-18/h3-6,10-11,17-18,21-22,32-34H,1-2,7-9,12,26-28H2,(H,29,37)(H,30,35)(H,31,36)/t17-,18-,21-,22+/m0/s1. The fraction of sp³-hybridized carbons (Fsp3) is 0.400. The molecule has 3 amide bonds. The number of fused-ring (bicyclic) bond motifs is 5. The predicted molar refractivity (Wildman–Crippen MR) is 136 cm³/mol. The van der Waals surface area contributed by atoms with Crippen molar-refractivity contribution in [3.8, 4) is 22.6 Å². The molecule has 0 saturated carbocycles. The zero-order valence-corrected chi connectivity index (χ0v) is 20.3. The molecule has 3 rings (SSSR count). The Bertz CT molecular complexity index is 1140. The number of phenolic OH excluding ortho intramolecular Hbond substituents is 2. The molecule has 12 N–H and O–H groups in total. The van der Waals surface area contributed by atoms with Crippen LogP contribution < -0.4 is 33.2 Å². The number of rotatable bonds is 6. The number of aliphatic hydroxyl groups is 1. The number of amides is 3. The minimum atomic E-state index is -1.66. The highest BCUT2D eigenvalue weighted by molar-refractivity contribution is 5.93. The fourth-order valence-electron chi connectivity index (χ4n) is 4.13. The summed E-state index contributed by atoms with van der Waals surface area (Å²) >= 11 is 0. The highest BCUT2D eigenvalue weighted by atomic mass is 16.3. The summed E-state index contributed by atoms with van der Waals surface area (Å²) in [6.07, 6.45) is -1.15. The molecule has 2 aromatic carbocycles. The second kappa shape index (κ2) is 12.5. The molecule has 12 heteroatoms. The summed E-state index contributed by atoms with van der Waals surface area (Å²) in [4.78, 5) is 39.1. The minimum absolute atomic E-state index is 0.00515. The van der Waals surface area contributed by atoms with Crippen LogP contribution in [-0.4, -0.2) is 70.8 Å². The SMILES string of the molecule is NCCC[C@@H]1NC(=O)[C@@H](N)Cc2cc(ccc2O)-c2ccc(O)c(c2)[C@@H](O)[C@@H](C(=O)NCCN)NC1=O. The Morgan fingerprint density at radius 1 is 0.973 bits per heavy atom. The van der Waals surface area contributed by atoms with E-state index in [0.29, 0.717) is 23.1 Å². The number of benzene rings is 2. The van der Waals surface area contributed by atoms with Gasteiger partial charge in [0, 0.05) is 25.1 Å². The molecule has 0 radical (unpaired) electrons. The van der Waals surface area contributed by atoms with Crippen molar-refractivity contribution in [1.29, 1.82) is 0 Å². The normalized spacial score (nSPS) is 22.3. The summed E-state index contributed by atoms with van der Waals surface area (Å²) < 4.78 is 0. The van der Waals surface area contributed by atoms with Crippen molar-refractivity contribution in [3.05, 3.63) is 47.5 Å². The van der Waals surface area contributed by atoms with Gasteiger partial charge in [-0.1, -0.05) is 12.1 Å². The molecule has 1 aliphatic heterocycles. The Morgan fingerprint density at radius 3 is 2.32 bits per heavy atom. The van der Waals surface area contributed by atoms with Crippen LogP contribution in [-0.2, 0) is 20.8 Å². The van der Waals surface area contributed by atoms with Crippen molar-refractivity contribution in [2.75, 3.05) is 19.6 Å². The monoisotopic (exact) mass is 514 g/mol. The Labute approximate surface area is 214 Å². The molecular formula is C25H34N6O6. The van der Waals surface area contributed by atoms with E-state index in [4.69, 9.17) is 17.2 Å². The number of nitrogens with one attached hydrogen (secondary N) is 3. The van der Waals surface area contributed by atoms with E-state index in [1.807, 2.05) is 0 Å². The molecule has 0 fully saturated rings. The molecule has 0 aliphatic carbocycles. The maximum Gasteiger partial charge on any atom is 0.245 e. The first-order valence-electron chi connectivity index (χ1n) is 12.0. The molecule has 12 nitrogen and oxygen atoms in total. The Balaban J connectivity index is 2.14. The summed E-state index contributed by atoms with van der Waals surface area (Å²) in [5.41, 5.74) is 18.7. The number of carbonyl (C=O) groups excluding carboxylic acids is 3. The molecule has 4 atom stereocenters. The Kier molecular flexibility index (Phi) is 9.42. The van der Waals surface area contributed by atoms with Crippen molar-refractivity contribution >= 4 is 17.7 Å². The van der Waals surface area contributed by atoms with Crippen molar-refractivity contribution in [2.45, 2.75) is 43.5 Å². The lowest BCUT2D eigenvalue weighted by Gasteiger charge is -2.27. The number of carbonyl (C=O) groups is 3. The maximum absolute atomic E-state index is 13.2. The highest BCUT2D eigenvalue weighted by Crippen LogP contribution is 2.34. The van der Waals surface area contributed by atoms with Crippen LogP contribution in [0.25, 0.3) is 11.1 Å². The first kappa shape index (κ1) is 27.9. The zero-order valence-electron chi connectivity index (χ0n) is 20.3. The maximum atomic E-state index is 13.2. The van der Waals surface area contributed by atoms with Gasteiger partial charge in [-0.25, -0.2) is 0 Å². The van der Waals surface area contributed by atoms with E-state index in [2.05, 4.69) is 16.0 Å². The molecular weight excluding hydrogens is 480 g/mol. The van der Waals surface area contributed by atoms with E-state index in [-0.39, 0.29) is 49.5 Å². The molecule has 200 valence electrons. The van der Waals surface area contributed by atoms with Gasteiger partial charge in [-0.15, -0.1) is 0 Å². The average molecular weight is 515 g/mol. The number of hydrogen-bond acceptors (Lipinski definition) is 9. The van der Waals surface area contributed by atoms with E-state index < -0.39 is 42.0 Å². The van der Waals surface area contributed by atoms with Gasteiger partial charge in [-0.3, -0.25) is 14.4 Å². The summed E-state index contributed by atoms with van der Waals surface area (Å²) in [5.74, 6) is -2.47. The van der Waals surface area contributed by atoms with E-state index in [1.165, 1.54) is 18.2 Å². The lowest BCUT2D eigenvalue weighted by atomic mass is 9.94. The quantitative estimate of drug-likeness (QED) is 0.217. The van der Waals surface area contributed by atoms with Crippen LogP contribution >= 0.6 is 0 Å². The van der Waals surface area contributed by atoms with Gasteiger partial charge in [-0.2, -0.15) is 0 Å². The van der Waals surface area contributed by atoms with Crippen LogP contribution in [0, 0.1) is 0 Å². The number of aliphatic hydroxyl groups excluding tert-OH is 1. The van der Waals surface area contributed by atoms with Gasteiger partial charge in [-0.05, 0) is 60.3 Å². The van der Waals surface area contributed by atoms with Gasteiger partial charge in [0.1, 0.15) is 29.7 Å². The highest BCUT2D eigenvalue weighted by Gasteiger charge is 2.34. The Morgan fingerprint density at radius 2 is 1.65 bits per heavy atom. The molecule has 1 aliphatic rings. The predicted octanol–water partition coefficient (Wildman–Crippen LogP) is -1.53. The van der Waals surface area contributed by atoms with Gasteiger partial charge < -0.3 is 48.5 Å². The number of aromatic hydroxyl groups is 2. The van der Waals surface area contributed by atoms with Crippen LogP contribution in [0.5, 0.6) is 11.5 Å². The van der Waals surface area contributed by atoms with E-state index in [9.17, 15) is 29.7 Å². The minimum Gasteiger partial charge on any atom is -0.508 e. The smallest absolute Gasteiger partial charge is 0.245 e. The van der Waals surface area contributed by atoms with Gasteiger partial charge in [0.2, 0.25) is 17.7 Å². The van der Waals surface area contributed by atoms with Crippen LogP contribution in [0.4, 0.5) is 0 Å². The second-order valence-corrected chi connectivity index (χ2v) is 8.93. The number of phenols is 2. The molecule has 4 bridgehead atoms. The summed E-state index contributed by atoms with van der Waals surface area (Å²) in [5, 5.41) is 39.7. The van der Waals surface area contributed by atoms with Gasteiger partial charge in [0.05, 0.1) is 6.04 Å². The second-order valence-electron chi connectivity index (χ2n) is 8.93. The van der Waals surface area contributed by atoms with Gasteiger partial charge in [0.15, 0.2) is 0 Å². The number of hydrogen-bond donors (Lipinski definition) is 9. The third-order valence-electron chi connectivity index (χ3n) is 6.21. The average Bonchev–Trinajstić information content (AvgIpc) is 2.88. The van der Waals surface area contributed by atoms with Crippen molar-refractivity contribution in [3.63, 3.8) is 0 Å². The molecule has 0 saturated heterocycles. The lowest BCUT2D eigenvalue weighted by molar-refractivity contribution is -0.134. The third-order valence-corrected chi connectivity index (χ3v) is 6.21. The number of nitrogens with two attached hydrogens (primary N) is 3. The third kappa shape index (κ3) is 6.74. The van der Waals surface area contributed by atoms with Crippen LogP contribution in [0.15, 0.2) is 36.4 Å². The van der Waals surface area contributed by atoms with Crippen LogP contribution in [0.2, 0.25) is 0 Å². The molecule has 37 heavy (non-hydrogen) atoms. The van der Waals surface area contributed by atoms with E-state index >= 15 is 0 Å². The van der Waals surface area contributed by atoms with Crippen molar-refractivity contribution in [2.24, 2.45) is 17.2 Å². The van der Waals surface area contributed by atoms with Crippen LogP contribution in [0.1, 0.15) is 30.1 Å². The summed E-state index contributed by atoms with van der Waals surface area (Å²) in [6.45, 7) is 0.456. The first-order chi connectivity index (χ1) is 17.7. The van der Waals surface area contributed by atoms with E-state index in [0.717, 1.165) is 0 Å². The summed E-state index contributed by atoms with van der Waals surface area (Å²) in [6, 6.07) is 5.44. The molecule has 1 heterocycles. The first-order valence-corrected chi connectivity index (χ1v) is 12.0. The molecule has 0 spiro atoms. The molecule has 0 unspecified atom stereocenters. The summed E-state index contributed by atoms with van der Waals surface area (Å²) in [7, 11) is 0. The lowest BCUT2D eigenvalue weighted by Crippen LogP contribution is -2.57. The largest absolute Gasteiger partial charge is 0.508 e. The Hall–Kier alpha value is -3.71. The van der Waals surface area contributed by atoms with Crippen molar-refractivity contribution in [1.82, 2.24) is 16.0 Å². The van der Waals surface area contributed by atoms with Gasteiger partial charge >= 0.3 is 0 Å². The molecule has 0 aromatic heterocycles. The van der Waals surface area contributed by atoms with Gasteiger partial charge in [0.25, 0.3) is 0 Å². The van der Waals surface area contributed by atoms with E-state index in [1.54, 1.807) is 18.2 Å². The molecule has 2 aromatic rings.